The molecule has 4 heteroatoms. The van der Waals surface area contributed by atoms with Gasteiger partial charge in [-0.15, -0.1) is 11.6 Å². The first-order valence-corrected chi connectivity index (χ1v) is 7.89. The van der Waals surface area contributed by atoms with Gasteiger partial charge >= 0.3 is 0 Å². The van der Waals surface area contributed by atoms with Gasteiger partial charge in [-0.25, -0.2) is 0 Å². The van der Waals surface area contributed by atoms with Crippen molar-refractivity contribution in [2.24, 2.45) is 5.92 Å². The van der Waals surface area contributed by atoms with Crippen molar-refractivity contribution in [3.05, 3.63) is 27.2 Å². The van der Waals surface area contributed by atoms with Crippen LogP contribution in [0.5, 0.6) is 5.75 Å². The van der Waals surface area contributed by atoms with Crippen LogP contribution in [0.4, 0.5) is 0 Å². The van der Waals surface area contributed by atoms with E-state index in [1.54, 1.807) is 7.11 Å². The Morgan fingerprint density at radius 3 is 2.67 bits per heavy atom. The van der Waals surface area contributed by atoms with Crippen molar-refractivity contribution in [1.29, 1.82) is 0 Å². The fourth-order valence-electron chi connectivity index (χ4n) is 2.69. The van der Waals surface area contributed by atoms with E-state index in [1.165, 1.54) is 25.7 Å². The normalized spacial score (nSPS) is 18.0. The van der Waals surface area contributed by atoms with Gasteiger partial charge in [0, 0.05) is 10.6 Å². The van der Waals surface area contributed by atoms with Crippen molar-refractivity contribution in [2.75, 3.05) is 7.11 Å². The van der Waals surface area contributed by atoms with Crippen LogP contribution in [0.2, 0.25) is 5.02 Å². The maximum absolute atomic E-state index is 6.55. The SMILES string of the molecule is COc1c(Br)cc(Cl)cc1C(Cl)CC1CCCC1. The second kappa shape index (κ2) is 6.49. The molecule has 0 bridgehead atoms. The van der Waals surface area contributed by atoms with E-state index in [2.05, 4.69) is 15.9 Å². The van der Waals surface area contributed by atoms with Crippen LogP contribution >= 0.6 is 39.1 Å². The molecule has 0 amide bonds. The fourth-order valence-corrected chi connectivity index (χ4v) is 4.10. The number of methoxy groups -OCH3 is 1. The van der Waals surface area contributed by atoms with Gasteiger partial charge in [0.2, 0.25) is 0 Å². The Morgan fingerprint density at radius 1 is 1.39 bits per heavy atom. The van der Waals surface area contributed by atoms with E-state index in [0.29, 0.717) is 5.02 Å². The molecule has 1 fully saturated rings. The minimum atomic E-state index is -0.0296. The van der Waals surface area contributed by atoms with Crippen LogP contribution in [0.25, 0.3) is 0 Å². The number of alkyl halides is 1. The van der Waals surface area contributed by atoms with Gasteiger partial charge in [-0.2, -0.15) is 0 Å². The first kappa shape index (κ1) is 14.5. The number of hydrogen-bond acceptors (Lipinski definition) is 1. The first-order valence-electron chi connectivity index (χ1n) is 6.28. The summed E-state index contributed by atoms with van der Waals surface area (Å²) in [6.45, 7) is 0. The van der Waals surface area contributed by atoms with E-state index in [1.807, 2.05) is 12.1 Å². The Bertz CT molecular complexity index is 417. The molecule has 1 aromatic carbocycles. The lowest BCUT2D eigenvalue weighted by atomic mass is 9.97. The van der Waals surface area contributed by atoms with Crippen LogP contribution in [0.3, 0.4) is 0 Å². The summed E-state index contributed by atoms with van der Waals surface area (Å²) in [5, 5.41) is 0.660. The topological polar surface area (TPSA) is 9.23 Å². The van der Waals surface area contributed by atoms with Crippen LogP contribution in [0, 0.1) is 5.92 Å². The monoisotopic (exact) mass is 350 g/mol. The average molecular weight is 352 g/mol. The van der Waals surface area contributed by atoms with E-state index >= 15 is 0 Å². The van der Waals surface area contributed by atoms with E-state index in [0.717, 1.165) is 28.1 Å². The van der Waals surface area contributed by atoms with Crippen molar-refractivity contribution >= 4 is 39.1 Å². The standard InChI is InChI=1S/C14H17BrCl2O/c1-18-14-11(7-10(16)8-12(14)15)13(17)6-9-4-2-3-5-9/h7-9,13H,2-6H2,1H3. The van der Waals surface area contributed by atoms with Crippen LogP contribution in [-0.4, -0.2) is 7.11 Å². The first-order chi connectivity index (χ1) is 8.61. The molecule has 0 spiro atoms. The van der Waals surface area contributed by atoms with Gasteiger partial charge in [-0.1, -0.05) is 37.3 Å². The van der Waals surface area contributed by atoms with Crippen LogP contribution in [-0.2, 0) is 0 Å². The highest BCUT2D eigenvalue weighted by Crippen LogP contribution is 2.43. The predicted molar refractivity (Wildman–Crippen MR) is 80.9 cm³/mol. The highest BCUT2D eigenvalue weighted by molar-refractivity contribution is 9.10. The Labute approximate surface area is 127 Å². The fraction of sp³-hybridized carbons (Fsp3) is 0.571. The molecule has 0 saturated heterocycles. The van der Waals surface area contributed by atoms with Crippen molar-refractivity contribution in [2.45, 2.75) is 37.5 Å². The minimum Gasteiger partial charge on any atom is -0.495 e. The Hall–Kier alpha value is 0.0800. The molecule has 0 aliphatic heterocycles. The van der Waals surface area contributed by atoms with Gasteiger partial charge in [0.05, 0.1) is 17.0 Å². The molecular weight excluding hydrogens is 335 g/mol. The maximum atomic E-state index is 6.55. The quantitative estimate of drug-likeness (QED) is 0.607. The van der Waals surface area contributed by atoms with E-state index in [-0.39, 0.29) is 5.38 Å². The Kier molecular flexibility index (Phi) is 5.23. The van der Waals surface area contributed by atoms with Crippen molar-refractivity contribution in [3.8, 4) is 5.75 Å². The van der Waals surface area contributed by atoms with Crippen molar-refractivity contribution < 1.29 is 4.74 Å². The van der Waals surface area contributed by atoms with Crippen LogP contribution in [0.15, 0.2) is 16.6 Å². The summed E-state index contributed by atoms with van der Waals surface area (Å²) in [6.07, 6.45) is 6.28. The number of hydrogen-bond donors (Lipinski definition) is 0. The number of ether oxygens (including phenoxy) is 1. The molecule has 100 valence electrons. The van der Waals surface area contributed by atoms with Gasteiger partial charge in [-0.05, 0) is 40.4 Å². The highest BCUT2D eigenvalue weighted by atomic mass is 79.9. The van der Waals surface area contributed by atoms with Gasteiger partial charge in [-0.3, -0.25) is 0 Å². The second-order valence-electron chi connectivity index (χ2n) is 4.86. The lowest BCUT2D eigenvalue weighted by Crippen LogP contribution is -2.02. The summed E-state index contributed by atoms with van der Waals surface area (Å²) in [5.41, 5.74) is 0.991. The third-order valence-corrected chi connectivity index (χ3v) is 4.81. The molecule has 0 aromatic heterocycles. The summed E-state index contributed by atoms with van der Waals surface area (Å²) in [5.74, 6) is 1.55. The summed E-state index contributed by atoms with van der Waals surface area (Å²) in [6, 6.07) is 3.75. The lowest BCUT2D eigenvalue weighted by molar-refractivity contribution is 0.402. The third kappa shape index (κ3) is 3.34. The zero-order valence-electron chi connectivity index (χ0n) is 10.4. The molecule has 0 heterocycles. The van der Waals surface area contributed by atoms with Crippen molar-refractivity contribution in [3.63, 3.8) is 0 Å². The van der Waals surface area contributed by atoms with E-state index in [9.17, 15) is 0 Å². The predicted octanol–water partition coefficient (Wildman–Crippen LogP) is 5.97. The summed E-state index contributed by atoms with van der Waals surface area (Å²) >= 11 is 16.1. The largest absolute Gasteiger partial charge is 0.495 e. The van der Waals surface area contributed by atoms with Gasteiger partial charge in [0.1, 0.15) is 5.75 Å². The van der Waals surface area contributed by atoms with E-state index < -0.39 is 0 Å². The summed E-state index contributed by atoms with van der Waals surface area (Å²) < 4.78 is 6.29. The number of benzene rings is 1. The molecule has 0 radical (unpaired) electrons. The number of rotatable bonds is 4. The van der Waals surface area contributed by atoms with Crippen LogP contribution in [0.1, 0.15) is 43.0 Å². The number of halogens is 3. The molecule has 2 rings (SSSR count). The summed E-state index contributed by atoms with van der Waals surface area (Å²) in [7, 11) is 1.66. The highest BCUT2D eigenvalue weighted by Gasteiger charge is 2.23. The third-order valence-electron chi connectivity index (χ3n) is 3.59. The molecule has 1 unspecified atom stereocenters. The zero-order chi connectivity index (χ0) is 13.1. The molecule has 1 nitrogen and oxygen atoms in total. The minimum absolute atomic E-state index is 0.0296. The van der Waals surface area contributed by atoms with Gasteiger partial charge in [0.15, 0.2) is 0 Å². The zero-order valence-corrected chi connectivity index (χ0v) is 13.5. The van der Waals surface area contributed by atoms with Gasteiger partial charge in [0.25, 0.3) is 0 Å². The summed E-state index contributed by atoms with van der Waals surface area (Å²) in [4.78, 5) is 0. The van der Waals surface area contributed by atoms with E-state index in [4.69, 9.17) is 27.9 Å². The molecule has 0 N–H and O–H groups in total. The average Bonchev–Trinajstić information content (AvgIpc) is 2.80. The molecular formula is C14H17BrCl2O. The van der Waals surface area contributed by atoms with Gasteiger partial charge < -0.3 is 4.74 Å². The lowest BCUT2D eigenvalue weighted by Gasteiger charge is -2.18. The molecule has 1 aliphatic carbocycles. The Balaban J connectivity index is 2.19. The maximum Gasteiger partial charge on any atom is 0.137 e. The smallest absolute Gasteiger partial charge is 0.137 e. The molecule has 1 atom stereocenters. The van der Waals surface area contributed by atoms with Crippen molar-refractivity contribution in [1.82, 2.24) is 0 Å². The Morgan fingerprint density at radius 2 is 2.06 bits per heavy atom. The molecule has 1 saturated carbocycles. The van der Waals surface area contributed by atoms with Crippen LogP contribution < -0.4 is 4.74 Å². The second-order valence-corrected chi connectivity index (χ2v) is 6.68. The molecule has 1 aliphatic rings. The molecule has 1 aromatic rings. The molecule has 18 heavy (non-hydrogen) atoms.